The molecule has 3 aromatic heterocycles. The lowest BCUT2D eigenvalue weighted by atomic mass is 10.1. The molecule has 1 aliphatic rings. The molecule has 0 radical (unpaired) electrons. The molecule has 0 aliphatic carbocycles. The van der Waals surface area contributed by atoms with Gasteiger partial charge in [0.2, 0.25) is 0 Å². The second-order valence-corrected chi connectivity index (χ2v) is 7.08. The van der Waals surface area contributed by atoms with Gasteiger partial charge in [-0.15, -0.1) is 0 Å². The Balaban J connectivity index is 1.74. The van der Waals surface area contributed by atoms with Crippen molar-refractivity contribution in [1.82, 2.24) is 23.9 Å². The van der Waals surface area contributed by atoms with E-state index < -0.39 is 0 Å². The average molecular weight is 398 g/mol. The second kappa shape index (κ2) is 7.00. The summed E-state index contributed by atoms with van der Waals surface area (Å²) < 4.78 is 3.16. The zero-order valence-electron chi connectivity index (χ0n) is 16.0. The van der Waals surface area contributed by atoms with Gasteiger partial charge in [-0.1, -0.05) is 18.2 Å². The molecule has 1 aliphatic heterocycles. The second-order valence-electron chi connectivity index (χ2n) is 7.08. The molecular weight excluding hydrogens is 380 g/mol. The summed E-state index contributed by atoms with van der Waals surface area (Å²) in [6.07, 6.45) is 4.70. The minimum absolute atomic E-state index is 0.142. The summed E-state index contributed by atoms with van der Waals surface area (Å²) in [5.74, 6) is 1.22. The number of nitrogen functional groups attached to an aromatic ring is 1. The lowest BCUT2D eigenvalue weighted by molar-refractivity contribution is 0.616. The molecule has 1 atom stereocenters. The lowest BCUT2D eigenvalue weighted by Gasteiger charge is -2.28. The molecule has 0 amide bonds. The summed E-state index contributed by atoms with van der Waals surface area (Å²) in [6.45, 7) is 0.673. The van der Waals surface area contributed by atoms with Crippen molar-refractivity contribution in [3.8, 4) is 11.8 Å². The van der Waals surface area contributed by atoms with Crippen molar-refractivity contribution in [3.63, 3.8) is 0 Å². The number of anilines is 2. The predicted molar refractivity (Wildman–Crippen MR) is 111 cm³/mol. The van der Waals surface area contributed by atoms with Crippen molar-refractivity contribution in [1.29, 1.82) is 5.26 Å². The van der Waals surface area contributed by atoms with Gasteiger partial charge in [-0.2, -0.15) is 5.26 Å². The number of hydrogen-bond acceptors (Lipinski definition) is 7. The normalized spacial score (nSPS) is 16.1. The Kier molecular flexibility index (Phi) is 4.17. The number of nitriles is 1. The molecule has 2 N–H and O–H groups in total. The van der Waals surface area contributed by atoms with Gasteiger partial charge >= 0.3 is 5.69 Å². The summed E-state index contributed by atoms with van der Waals surface area (Å²) in [4.78, 5) is 28.5. The van der Waals surface area contributed by atoms with Gasteiger partial charge in [0.05, 0.1) is 11.7 Å². The maximum atomic E-state index is 13.4. The first-order valence-electron chi connectivity index (χ1n) is 9.61. The average Bonchev–Trinajstić information content (AvgIpc) is 3.43. The van der Waals surface area contributed by atoms with E-state index in [1.807, 2.05) is 41.3 Å². The number of rotatable bonds is 3. The highest BCUT2D eigenvalue weighted by atomic mass is 16.1. The quantitative estimate of drug-likeness (QED) is 0.561. The third kappa shape index (κ3) is 2.69. The summed E-state index contributed by atoms with van der Waals surface area (Å²) in [6, 6.07) is 14.9. The van der Waals surface area contributed by atoms with Crippen LogP contribution < -0.4 is 16.3 Å². The third-order valence-electron chi connectivity index (χ3n) is 5.39. The van der Waals surface area contributed by atoms with Crippen LogP contribution in [0.5, 0.6) is 0 Å². The Hall–Kier alpha value is -4.19. The molecule has 0 bridgehead atoms. The number of para-hydroxylation sites is 1. The first-order valence-corrected chi connectivity index (χ1v) is 9.61. The number of nitrogens with two attached hydrogens (primary N) is 1. The highest BCUT2D eigenvalue weighted by Gasteiger charge is 2.33. The fourth-order valence-electron chi connectivity index (χ4n) is 4.04. The monoisotopic (exact) mass is 398 g/mol. The number of fused-ring (bicyclic) bond motifs is 1. The van der Waals surface area contributed by atoms with E-state index >= 15 is 0 Å². The fourth-order valence-corrected chi connectivity index (χ4v) is 4.04. The molecule has 1 unspecified atom stereocenters. The van der Waals surface area contributed by atoms with Crippen LogP contribution in [0.2, 0.25) is 0 Å². The van der Waals surface area contributed by atoms with E-state index in [9.17, 15) is 10.1 Å². The largest absolute Gasteiger partial charge is 0.382 e. The molecule has 4 heterocycles. The molecule has 0 saturated carbocycles. The van der Waals surface area contributed by atoms with Crippen molar-refractivity contribution >= 4 is 17.3 Å². The van der Waals surface area contributed by atoms with E-state index in [1.165, 1.54) is 10.7 Å². The van der Waals surface area contributed by atoms with Gasteiger partial charge < -0.3 is 10.6 Å². The first kappa shape index (κ1) is 17.9. The van der Waals surface area contributed by atoms with Crippen LogP contribution in [-0.4, -0.2) is 30.5 Å². The van der Waals surface area contributed by atoms with Crippen LogP contribution in [0, 0.1) is 11.3 Å². The number of aromatic nitrogens is 5. The van der Waals surface area contributed by atoms with Gasteiger partial charge in [0.1, 0.15) is 35.2 Å². The van der Waals surface area contributed by atoms with Crippen LogP contribution in [0.1, 0.15) is 30.3 Å². The van der Waals surface area contributed by atoms with Crippen LogP contribution in [0.3, 0.4) is 0 Å². The molecule has 1 saturated heterocycles. The van der Waals surface area contributed by atoms with E-state index in [4.69, 9.17) is 10.7 Å². The fraction of sp³-hybridized carbons (Fsp3) is 0.190. The van der Waals surface area contributed by atoms with Crippen LogP contribution in [0.4, 0.5) is 11.6 Å². The molecule has 148 valence electrons. The Bertz CT molecular complexity index is 1330. The van der Waals surface area contributed by atoms with Crippen molar-refractivity contribution in [2.75, 3.05) is 17.2 Å². The van der Waals surface area contributed by atoms with Gasteiger partial charge in [0.15, 0.2) is 5.82 Å². The smallest absolute Gasteiger partial charge is 0.339 e. The zero-order valence-corrected chi connectivity index (χ0v) is 16.0. The topological polar surface area (TPSA) is 118 Å². The zero-order chi connectivity index (χ0) is 20.7. The summed E-state index contributed by atoms with van der Waals surface area (Å²) in [5, 5.41) is 9.60. The van der Waals surface area contributed by atoms with Gasteiger partial charge in [0.25, 0.3) is 0 Å². The van der Waals surface area contributed by atoms with Crippen molar-refractivity contribution in [3.05, 3.63) is 76.9 Å². The number of nitrogens with zero attached hydrogens (tertiary/aromatic N) is 7. The Morgan fingerprint density at radius 2 is 1.97 bits per heavy atom. The van der Waals surface area contributed by atoms with Gasteiger partial charge in [0, 0.05) is 12.7 Å². The standard InChI is InChI=1S/C21H18N8O/c22-12-15-18(23)24-13-25-19(15)27-10-4-8-16(27)20-26-17-9-5-11-28(17)21(30)29(20)14-6-2-1-3-7-14/h1-3,5-7,9,11,13,16H,4,8,10H2,(H2,23,24,25). The molecule has 1 aromatic carbocycles. The highest BCUT2D eigenvalue weighted by Crippen LogP contribution is 2.37. The molecule has 4 aromatic rings. The van der Waals surface area contributed by atoms with Crippen LogP contribution in [0.15, 0.2) is 59.8 Å². The molecule has 9 heteroatoms. The van der Waals surface area contributed by atoms with E-state index in [2.05, 4.69) is 16.0 Å². The molecule has 9 nitrogen and oxygen atoms in total. The van der Waals surface area contributed by atoms with Crippen molar-refractivity contribution in [2.24, 2.45) is 0 Å². The minimum Gasteiger partial charge on any atom is -0.382 e. The Labute approximate surface area is 171 Å². The van der Waals surface area contributed by atoms with Gasteiger partial charge in [-0.3, -0.25) is 4.40 Å². The molecule has 30 heavy (non-hydrogen) atoms. The van der Waals surface area contributed by atoms with E-state index in [1.54, 1.807) is 16.8 Å². The van der Waals surface area contributed by atoms with Crippen LogP contribution in [0.25, 0.3) is 11.3 Å². The summed E-state index contributed by atoms with van der Waals surface area (Å²) in [7, 11) is 0. The first-order chi connectivity index (χ1) is 14.7. The summed E-state index contributed by atoms with van der Waals surface area (Å²) in [5.41, 5.74) is 7.27. The third-order valence-corrected chi connectivity index (χ3v) is 5.39. The SMILES string of the molecule is N#Cc1c(N)ncnc1N1CCCC1c1nc2cccn2c(=O)n1-c1ccccc1. The van der Waals surface area contributed by atoms with E-state index in [-0.39, 0.29) is 23.1 Å². The molecule has 1 fully saturated rings. The van der Waals surface area contributed by atoms with Crippen molar-refractivity contribution < 1.29 is 0 Å². The lowest BCUT2D eigenvalue weighted by Crippen LogP contribution is -2.34. The van der Waals surface area contributed by atoms with Crippen molar-refractivity contribution in [2.45, 2.75) is 18.9 Å². The Morgan fingerprint density at radius 3 is 2.77 bits per heavy atom. The van der Waals surface area contributed by atoms with Crippen LogP contribution in [-0.2, 0) is 0 Å². The van der Waals surface area contributed by atoms with Gasteiger partial charge in [-0.25, -0.2) is 24.3 Å². The van der Waals surface area contributed by atoms with Gasteiger partial charge in [-0.05, 0) is 37.1 Å². The molecular formula is C21H18N8O. The maximum Gasteiger partial charge on any atom is 0.339 e. The Morgan fingerprint density at radius 1 is 1.13 bits per heavy atom. The maximum absolute atomic E-state index is 13.4. The van der Waals surface area contributed by atoms with Crippen LogP contribution >= 0.6 is 0 Å². The number of benzene rings is 1. The summed E-state index contributed by atoms with van der Waals surface area (Å²) >= 11 is 0. The highest BCUT2D eigenvalue weighted by molar-refractivity contribution is 5.64. The molecule has 5 rings (SSSR count). The van der Waals surface area contributed by atoms with E-state index in [0.29, 0.717) is 23.8 Å². The predicted octanol–water partition coefficient (Wildman–Crippen LogP) is 2.07. The minimum atomic E-state index is -0.237. The molecule has 0 spiro atoms. The van der Waals surface area contributed by atoms with E-state index in [0.717, 1.165) is 18.5 Å². The number of hydrogen-bond donors (Lipinski definition) is 1.